The van der Waals surface area contributed by atoms with Crippen molar-refractivity contribution in [1.82, 2.24) is 15.2 Å². The van der Waals surface area contributed by atoms with Crippen LogP contribution in [-0.2, 0) is 16.0 Å². The molecular weight excluding hydrogens is 318 g/mol. The number of hydrogen-bond donors (Lipinski definition) is 1. The largest absolute Gasteiger partial charge is 0.487 e. The standard InChI is InChI=1S/C19H21N3O3/c1-20-19(24)17-11-16(25-15-8-5-9-21-12-15)13-22(17)18(23)10-14-6-3-2-4-7-14/h2-9,12,16-17H,10-11,13H2,1H3,(H,20,24). The fraction of sp³-hybridized carbons (Fsp3) is 0.316. The average Bonchev–Trinajstić information content (AvgIpc) is 3.07. The molecule has 2 heterocycles. The fourth-order valence-electron chi connectivity index (χ4n) is 3.05. The van der Waals surface area contributed by atoms with E-state index >= 15 is 0 Å². The van der Waals surface area contributed by atoms with E-state index in [9.17, 15) is 9.59 Å². The normalized spacial score (nSPS) is 19.5. The van der Waals surface area contributed by atoms with Gasteiger partial charge in [-0.05, 0) is 17.7 Å². The highest BCUT2D eigenvalue weighted by Gasteiger charge is 2.40. The van der Waals surface area contributed by atoms with Gasteiger partial charge in [-0.1, -0.05) is 30.3 Å². The number of amides is 2. The van der Waals surface area contributed by atoms with Crippen molar-refractivity contribution in [1.29, 1.82) is 0 Å². The van der Waals surface area contributed by atoms with Gasteiger partial charge in [0.1, 0.15) is 17.9 Å². The van der Waals surface area contributed by atoms with E-state index in [1.165, 1.54) is 0 Å². The molecule has 2 unspecified atom stereocenters. The van der Waals surface area contributed by atoms with Crippen molar-refractivity contribution in [2.75, 3.05) is 13.6 Å². The van der Waals surface area contributed by atoms with E-state index in [0.29, 0.717) is 18.7 Å². The zero-order chi connectivity index (χ0) is 17.6. The maximum atomic E-state index is 12.7. The SMILES string of the molecule is CNC(=O)C1CC(Oc2cccnc2)CN1C(=O)Cc1ccccc1. The number of carbonyl (C=O) groups excluding carboxylic acids is 2. The van der Waals surface area contributed by atoms with Crippen LogP contribution in [0.4, 0.5) is 0 Å². The summed E-state index contributed by atoms with van der Waals surface area (Å²) in [7, 11) is 1.58. The predicted octanol–water partition coefficient (Wildman–Crippen LogP) is 1.42. The number of ether oxygens (including phenoxy) is 1. The van der Waals surface area contributed by atoms with Crippen molar-refractivity contribution in [2.45, 2.75) is 25.0 Å². The quantitative estimate of drug-likeness (QED) is 0.894. The maximum absolute atomic E-state index is 12.7. The summed E-state index contributed by atoms with van der Waals surface area (Å²) in [4.78, 5) is 30.6. The third kappa shape index (κ3) is 4.15. The van der Waals surface area contributed by atoms with E-state index in [0.717, 1.165) is 5.56 Å². The van der Waals surface area contributed by atoms with E-state index in [1.807, 2.05) is 36.4 Å². The summed E-state index contributed by atoms with van der Waals surface area (Å²) < 4.78 is 5.89. The van der Waals surface area contributed by atoms with Crippen molar-refractivity contribution in [2.24, 2.45) is 0 Å². The van der Waals surface area contributed by atoms with Crippen molar-refractivity contribution in [3.63, 3.8) is 0 Å². The first-order valence-electron chi connectivity index (χ1n) is 8.29. The van der Waals surface area contributed by atoms with Gasteiger partial charge in [0.15, 0.2) is 0 Å². The minimum absolute atomic E-state index is 0.0721. The summed E-state index contributed by atoms with van der Waals surface area (Å²) in [6.45, 7) is 0.388. The second kappa shape index (κ2) is 7.79. The lowest BCUT2D eigenvalue weighted by Crippen LogP contribution is -2.45. The number of nitrogens with zero attached hydrogens (tertiary/aromatic N) is 2. The lowest BCUT2D eigenvalue weighted by molar-refractivity contribution is -0.137. The van der Waals surface area contributed by atoms with Crippen LogP contribution in [0.15, 0.2) is 54.9 Å². The van der Waals surface area contributed by atoms with Crippen molar-refractivity contribution < 1.29 is 14.3 Å². The molecular formula is C19H21N3O3. The Hall–Kier alpha value is -2.89. The molecule has 25 heavy (non-hydrogen) atoms. The Labute approximate surface area is 146 Å². The summed E-state index contributed by atoms with van der Waals surface area (Å²) in [6.07, 6.45) is 3.81. The molecule has 1 aromatic heterocycles. The summed E-state index contributed by atoms with van der Waals surface area (Å²) >= 11 is 0. The Bertz CT molecular complexity index is 721. The van der Waals surface area contributed by atoms with Gasteiger partial charge in [0.2, 0.25) is 11.8 Å². The lowest BCUT2D eigenvalue weighted by Gasteiger charge is -2.23. The molecule has 0 aliphatic carbocycles. The molecule has 1 aromatic carbocycles. The minimum atomic E-state index is -0.511. The molecule has 1 aliphatic heterocycles. The Morgan fingerprint density at radius 2 is 2.04 bits per heavy atom. The van der Waals surface area contributed by atoms with E-state index in [4.69, 9.17) is 4.74 Å². The highest BCUT2D eigenvalue weighted by Crippen LogP contribution is 2.24. The first-order valence-corrected chi connectivity index (χ1v) is 8.29. The van der Waals surface area contributed by atoms with E-state index in [2.05, 4.69) is 10.3 Å². The van der Waals surface area contributed by atoms with Gasteiger partial charge in [0.25, 0.3) is 0 Å². The smallest absolute Gasteiger partial charge is 0.242 e. The summed E-state index contributed by atoms with van der Waals surface area (Å²) in [5, 5.41) is 2.64. The molecule has 2 amide bonds. The summed E-state index contributed by atoms with van der Waals surface area (Å²) in [6, 6.07) is 12.6. The van der Waals surface area contributed by atoms with Crippen LogP contribution in [0.1, 0.15) is 12.0 Å². The van der Waals surface area contributed by atoms with Crippen LogP contribution < -0.4 is 10.1 Å². The van der Waals surface area contributed by atoms with Gasteiger partial charge in [0.05, 0.1) is 19.2 Å². The number of likely N-dealkylation sites (N-methyl/N-ethyl adjacent to an activating group) is 1. The molecule has 1 saturated heterocycles. The zero-order valence-electron chi connectivity index (χ0n) is 14.1. The van der Waals surface area contributed by atoms with Crippen molar-refractivity contribution >= 4 is 11.8 Å². The average molecular weight is 339 g/mol. The molecule has 6 nitrogen and oxygen atoms in total. The van der Waals surface area contributed by atoms with Crippen LogP contribution in [0.3, 0.4) is 0 Å². The van der Waals surface area contributed by atoms with Gasteiger partial charge in [-0.15, -0.1) is 0 Å². The van der Waals surface area contributed by atoms with Crippen LogP contribution in [0.5, 0.6) is 5.75 Å². The number of benzene rings is 1. The van der Waals surface area contributed by atoms with Crippen LogP contribution in [-0.4, -0.2) is 47.4 Å². The Balaban J connectivity index is 1.71. The number of pyridine rings is 1. The van der Waals surface area contributed by atoms with E-state index < -0.39 is 6.04 Å². The molecule has 0 bridgehead atoms. The molecule has 0 radical (unpaired) electrons. The highest BCUT2D eigenvalue weighted by atomic mass is 16.5. The number of carbonyl (C=O) groups is 2. The predicted molar refractivity (Wildman–Crippen MR) is 93.0 cm³/mol. The Morgan fingerprint density at radius 1 is 1.24 bits per heavy atom. The Kier molecular flexibility index (Phi) is 5.28. The lowest BCUT2D eigenvalue weighted by atomic mass is 10.1. The van der Waals surface area contributed by atoms with Crippen molar-refractivity contribution in [3.8, 4) is 5.75 Å². The third-order valence-electron chi connectivity index (χ3n) is 4.27. The molecule has 1 aliphatic rings. The van der Waals surface area contributed by atoms with Gasteiger partial charge in [-0.3, -0.25) is 14.6 Å². The van der Waals surface area contributed by atoms with E-state index in [-0.39, 0.29) is 24.3 Å². The van der Waals surface area contributed by atoms with Gasteiger partial charge < -0.3 is 15.0 Å². The van der Waals surface area contributed by atoms with Crippen LogP contribution in [0.25, 0.3) is 0 Å². The van der Waals surface area contributed by atoms with Crippen molar-refractivity contribution in [3.05, 3.63) is 60.4 Å². The number of rotatable bonds is 5. The summed E-state index contributed by atoms with van der Waals surface area (Å²) in [5.74, 6) is 0.399. The second-order valence-corrected chi connectivity index (χ2v) is 6.00. The van der Waals surface area contributed by atoms with Crippen LogP contribution in [0, 0.1) is 0 Å². The van der Waals surface area contributed by atoms with Crippen LogP contribution >= 0.6 is 0 Å². The van der Waals surface area contributed by atoms with E-state index in [1.54, 1.807) is 30.4 Å². The Morgan fingerprint density at radius 3 is 2.72 bits per heavy atom. The molecule has 0 saturated carbocycles. The first-order chi connectivity index (χ1) is 12.2. The second-order valence-electron chi connectivity index (χ2n) is 6.00. The fourth-order valence-corrected chi connectivity index (χ4v) is 3.05. The number of hydrogen-bond acceptors (Lipinski definition) is 4. The molecule has 1 fully saturated rings. The van der Waals surface area contributed by atoms with Gasteiger partial charge in [0, 0.05) is 19.7 Å². The molecule has 0 spiro atoms. The number of likely N-dealkylation sites (tertiary alicyclic amines) is 1. The number of aromatic nitrogens is 1. The van der Waals surface area contributed by atoms with Gasteiger partial charge in [-0.25, -0.2) is 0 Å². The highest BCUT2D eigenvalue weighted by molar-refractivity contribution is 5.89. The molecule has 3 rings (SSSR count). The molecule has 2 atom stereocenters. The summed E-state index contributed by atoms with van der Waals surface area (Å²) in [5.41, 5.74) is 0.930. The van der Waals surface area contributed by atoms with Gasteiger partial charge in [-0.2, -0.15) is 0 Å². The zero-order valence-corrected chi connectivity index (χ0v) is 14.1. The minimum Gasteiger partial charge on any atom is -0.487 e. The maximum Gasteiger partial charge on any atom is 0.242 e. The monoisotopic (exact) mass is 339 g/mol. The third-order valence-corrected chi connectivity index (χ3v) is 4.27. The molecule has 130 valence electrons. The molecule has 1 N–H and O–H groups in total. The first kappa shape index (κ1) is 17.0. The topological polar surface area (TPSA) is 71.5 Å². The van der Waals surface area contributed by atoms with Crippen LogP contribution in [0.2, 0.25) is 0 Å². The molecule has 2 aromatic rings. The molecule has 6 heteroatoms. The number of nitrogens with one attached hydrogen (secondary N) is 1. The van der Waals surface area contributed by atoms with Gasteiger partial charge >= 0.3 is 0 Å².